The summed E-state index contributed by atoms with van der Waals surface area (Å²) in [6, 6.07) is 5.14. The van der Waals surface area contributed by atoms with Gasteiger partial charge in [-0.15, -0.1) is 0 Å². The number of hydrogen-bond acceptors (Lipinski definition) is 6. The van der Waals surface area contributed by atoms with E-state index >= 15 is 0 Å². The third-order valence-corrected chi connectivity index (χ3v) is 5.49. The second-order valence-electron chi connectivity index (χ2n) is 8.06. The first-order chi connectivity index (χ1) is 14.3. The molecule has 0 atom stereocenters. The molecule has 1 saturated carbocycles. The molecule has 1 amide bonds. The Kier molecular flexibility index (Phi) is 6.54. The van der Waals surface area contributed by atoms with Crippen LogP contribution in [0.3, 0.4) is 0 Å². The molecule has 30 heavy (non-hydrogen) atoms. The van der Waals surface area contributed by atoms with E-state index in [1.807, 2.05) is 32.1 Å². The summed E-state index contributed by atoms with van der Waals surface area (Å²) in [6.07, 6.45) is 5.19. The number of rotatable bonds is 6. The van der Waals surface area contributed by atoms with Crippen molar-refractivity contribution in [1.82, 2.24) is 15.3 Å². The first kappa shape index (κ1) is 21.5. The maximum Gasteiger partial charge on any atom is 0.336 e. The second-order valence-corrected chi connectivity index (χ2v) is 8.06. The van der Waals surface area contributed by atoms with Gasteiger partial charge in [-0.25, -0.2) is 9.78 Å². The molecule has 1 aliphatic carbocycles. The van der Waals surface area contributed by atoms with Crippen LogP contribution in [-0.2, 0) is 0 Å². The number of carboxylic acid groups (broad SMARTS) is 1. The van der Waals surface area contributed by atoms with E-state index in [0.29, 0.717) is 11.5 Å². The van der Waals surface area contributed by atoms with Crippen LogP contribution in [-0.4, -0.2) is 53.1 Å². The molecule has 0 saturated heterocycles. The first-order valence-electron chi connectivity index (χ1n) is 10.2. The Morgan fingerprint density at radius 3 is 2.37 bits per heavy atom. The Morgan fingerprint density at radius 2 is 1.73 bits per heavy atom. The van der Waals surface area contributed by atoms with Crippen LogP contribution in [0.25, 0.3) is 0 Å². The number of nitrogens with one attached hydrogen (secondary N) is 2. The highest BCUT2D eigenvalue weighted by molar-refractivity contribution is 6.05. The Balaban J connectivity index is 1.59. The molecule has 0 radical (unpaired) electrons. The summed E-state index contributed by atoms with van der Waals surface area (Å²) >= 11 is 0. The summed E-state index contributed by atoms with van der Waals surface area (Å²) in [5.74, 6) is 0.0927. The number of carbonyl (C=O) groups excluding carboxylic acids is 1. The lowest BCUT2D eigenvalue weighted by molar-refractivity contribution is 0.0690. The lowest BCUT2D eigenvalue weighted by Gasteiger charge is -2.30. The van der Waals surface area contributed by atoms with Gasteiger partial charge in [0.25, 0.3) is 5.91 Å². The Morgan fingerprint density at radius 1 is 1.07 bits per heavy atom. The molecule has 1 aromatic carbocycles. The maximum atomic E-state index is 12.8. The summed E-state index contributed by atoms with van der Waals surface area (Å²) in [5, 5.41) is 15.8. The number of carboxylic acids is 1. The highest BCUT2D eigenvalue weighted by Gasteiger charge is 2.26. The molecule has 8 heteroatoms. The Hall–Kier alpha value is -3.16. The van der Waals surface area contributed by atoms with Crippen molar-refractivity contribution in [2.24, 2.45) is 0 Å². The van der Waals surface area contributed by atoms with Gasteiger partial charge in [0.1, 0.15) is 5.82 Å². The summed E-state index contributed by atoms with van der Waals surface area (Å²) in [7, 11) is 3.91. The van der Waals surface area contributed by atoms with E-state index in [1.165, 1.54) is 6.07 Å². The van der Waals surface area contributed by atoms with E-state index in [9.17, 15) is 14.7 Å². The molecule has 3 rings (SSSR count). The van der Waals surface area contributed by atoms with E-state index in [1.54, 1.807) is 19.1 Å². The SMILES string of the molecule is Cc1cnc(N[C@H]2CC[C@@H](NC(=O)c3c(C)cccc3C(=O)O)CC2)nc1N(C)C. The van der Waals surface area contributed by atoms with Crippen molar-refractivity contribution in [3.63, 3.8) is 0 Å². The van der Waals surface area contributed by atoms with Gasteiger partial charge in [-0.05, 0) is 51.2 Å². The van der Waals surface area contributed by atoms with Gasteiger partial charge in [-0.3, -0.25) is 4.79 Å². The largest absolute Gasteiger partial charge is 0.478 e. The lowest BCUT2D eigenvalue weighted by Crippen LogP contribution is -2.41. The summed E-state index contributed by atoms with van der Waals surface area (Å²) in [6.45, 7) is 3.74. The van der Waals surface area contributed by atoms with Gasteiger partial charge >= 0.3 is 5.97 Å². The number of carbonyl (C=O) groups is 2. The van der Waals surface area contributed by atoms with Gasteiger partial charge in [0.2, 0.25) is 5.95 Å². The van der Waals surface area contributed by atoms with Gasteiger partial charge in [0, 0.05) is 37.9 Å². The summed E-state index contributed by atoms with van der Waals surface area (Å²) in [5.41, 5.74) is 1.97. The van der Waals surface area contributed by atoms with E-state index in [-0.39, 0.29) is 29.1 Å². The van der Waals surface area contributed by atoms with Crippen LogP contribution in [0, 0.1) is 13.8 Å². The number of aryl methyl sites for hydroxylation is 2. The van der Waals surface area contributed by atoms with E-state index in [4.69, 9.17) is 0 Å². The minimum absolute atomic E-state index is 0.0214. The molecule has 0 aliphatic heterocycles. The molecule has 1 aromatic heterocycles. The van der Waals surface area contributed by atoms with Gasteiger partial charge in [-0.1, -0.05) is 12.1 Å². The van der Waals surface area contributed by atoms with Crippen LogP contribution in [0.1, 0.15) is 57.5 Å². The number of aromatic nitrogens is 2. The molecular formula is C22H29N5O3. The average Bonchev–Trinajstić information content (AvgIpc) is 2.70. The van der Waals surface area contributed by atoms with E-state index < -0.39 is 5.97 Å². The number of aromatic carboxylic acids is 1. The standard InChI is InChI=1S/C22H29N5O3/c1-13-6-5-7-17(21(29)30)18(13)20(28)24-15-8-10-16(11-9-15)25-22-23-12-14(2)19(26-22)27(3)4/h5-7,12,15-16H,8-11H2,1-4H3,(H,24,28)(H,29,30)(H,23,25,26)/t15-,16+. The monoisotopic (exact) mass is 411 g/mol. The normalized spacial score (nSPS) is 18.5. The van der Waals surface area contributed by atoms with Crippen molar-refractivity contribution in [3.8, 4) is 0 Å². The fourth-order valence-corrected chi connectivity index (χ4v) is 3.92. The Labute approximate surface area is 176 Å². The van der Waals surface area contributed by atoms with Gasteiger partial charge in [0.05, 0.1) is 11.1 Å². The maximum absolute atomic E-state index is 12.8. The van der Waals surface area contributed by atoms with E-state index in [2.05, 4.69) is 20.6 Å². The highest BCUT2D eigenvalue weighted by atomic mass is 16.4. The number of benzene rings is 1. The Bertz CT molecular complexity index is 936. The smallest absolute Gasteiger partial charge is 0.336 e. The van der Waals surface area contributed by atoms with Crippen LogP contribution in [0.15, 0.2) is 24.4 Å². The zero-order valence-electron chi connectivity index (χ0n) is 17.9. The predicted molar refractivity (Wildman–Crippen MR) is 116 cm³/mol. The first-order valence-corrected chi connectivity index (χ1v) is 10.2. The number of anilines is 2. The molecule has 0 bridgehead atoms. The topological polar surface area (TPSA) is 107 Å². The molecule has 0 unspecified atom stereocenters. The van der Waals surface area contributed by atoms with Crippen LogP contribution in [0.5, 0.6) is 0 Å². The second kappa shape index (κ2) is 9.11. The fraction of sp³-hybridized carbons (Fsp3) is 0.455. The average molecular weight is 412 g/mol. The van der Waals surface area contributed by atoms with Crippen molar-refractivity contribution in [1.29, 1.82) is 0 Å². The zero-order chi connectivity index (χ0) is 21.8. The summed E-state index contributed by atoms with van der Waals surface area (Å²) in [4.78, 5) is 35.2. The molecule has 3 N–H and O–H groups in total. The van der Waals surface area contributed by atoms with E-state index in [0.717, 1.165) is 37.1 Å². The molecule has 1 fully saturated rings. The molecule has 2 aromatic rings. The molecule has 1 aliphatic rings. The van der Waals surface area contributed by atoms with Crippen LogP contribution < -0.4 is 15.5 Å². The number of amides is 1. The van der Waals surface area contributed by atoms with Crippen LogP contribution in [0.4, 0.5) is 11.8 Å². The summed E-state index contributed by atoms with van der Waals surface area (Å²) < 4.78 is 0. The minimum atomic E-state index is -1.09. The van der Waals surface area contributed by atoms with Gasteiger partial charge < -0.3 is 20.6 Å². The highest BCUT2D eigenvalue weighted by Crippen LogP contribution is 2.24. The molecule has 0 spiro atoms. The predicted octanol–water partition coefficient (Wildman–Crippen LogP) is 3.01. The van der Waals surface area contributed by atoms with Crippen LogP contribution >= 0.6 is 0 Å². The zero-order valence-corrected chi connectivity index (χ0v) is 17.9. The minimum Gasteiger partial charge on any atom is -0.478 e. The number of hydrogen-bond donors (Lipinski definition) is 3. The van der Waals surface area contributed by atoms with Crippen LogP contribution in [0.2, 0.25) is 0 Å². The molecule has 1 heterocycles. The van der Waals surface area contributed by atoms with Crippen molar-refractivity contribution in [2.75, 3.05) is 24.3 Å². The molecular weight excluding hydrogens is 382 g/mol. The van der Waals surface area contributed by atoms with Crippen molar-refractivity contribution < 1.29 is 14.7 Å². The molecule has 160 valence electrons. The van der Waals surface area contributed by atoms with Gasteiger partial charge in [0.15, 0.2) is 0 Å². The van der Waals surface area contributed by atoms with Crippen molar-refractivity contribution >= 4 is 23.6 Å². The quantitative estimate of drug-likeness (QED) is 0.671. The van der Waals surface area contributed by atoms with Crippen molar-refractivity contribution in [2.45, 2.75) is 51.6 Å². The van der Waals surface area contributed by atoms with Gasteiger partial charge in [-0.2, -0.15) is 4.98 Å². The third kappa shape index (κ3) is 4.87. The van der Waals surface area contributed by atoms with Crippen molar-refractivity contribution in [3.05, 3.63) is 46.6 Å². The lowest BCUT2D eigenvalue weighted by atomic mass is 9.90. The molecule has 8 nitrogen and oxygen atoms in total. The third-order valence-electron chi connectivity index (χ3n) is 5.49. The fourth-order valence-electron chi connectivity index (χ4n) is 3.92. The number of nitrogens with zero attached hydrogens (tertiary/aromatic N) is 3.